The molecule has 1 N–H and O–H groups in total. The van der Waals surface area contributed by atoms with Gasteiger partial charge in [-0.1, -0.05) is 25.1 Å². The molecule has 1 aromatic heterocycles. The first kappa shape index (κ1) is 13.7. The van der Waals surface area contributed by atoms with E-state index in [9.17, 15) is 0 Å². The van der Waals surface area contributed by atoms with E-state index in [1.807, 2.05) is 12.1 Å². The molecule has 1 aliphatic heterocycles. The van der Waals surface area contributed by atoms with E-state index in [-0.39, 0.29) is 0 Å². The third kappa shape index (κ3) is 2.89. The van der Waals surface area contributed by atoms with Crippen molar-refractivity contribution in [1.29, 1.82) is 0 Å². The summed E-state index contributed by atoms with van der Waals surface area (Å²) >= 11 is 0. The van der Waals surface area contributed by atoms with E-state index in [4.69, 9.17) is 9.15 Å². The number of para-hydroxylation sites is 1. The Morgan fingerprint density at radius 3 is 2.80 bits per heavy atom. The second kappa shape index (κ2) is 6.42. The smallest absolute Gasteiger partial charge is 0.134 e. The summed E-state index contributed by atoms with van der Waals surface area (Å²) in [4.78, 5) is 0. The van der Waals surface area contributed by atoms with Crippen molar-refractivity contribution in [2.45, 2.75) is 32.2 Å². The van der Waals surface area contributed by atoms with Crippen molar-refractivity contribution in [2.75, 3.05) is 19.8 Å². The Balaban J connectivity index is 1.86. The minimum atomic E-state index is 0.311. The topological polar surface area (TPSA) is 34.4 Å². The van der Waals surface area contributed by atoms with E-state index in [1.165, 1.54) is 5.39 Å². The largest absolute Gasteiger partial charge is 0.459 e. The molecule has 3 nitrogen and oxygen atoms in total. The molecule has 0 aliphatic carbocycles. The molecule has 0 saturated carbocycles. The van der Waals surface area contributed by atoms with Gasteiger partial charge >= 0.3 is 0 Å². The summed E-state index contributed by atoms with van der Waals surface area (Å²) in [6.07, 6.45) is 3.36. The number of benzene rings is 1. The zero-order valence-electron chi connectivity index (χ0n) is 12.1. The van der Waals surface area contributed by atoms with Crippen LogP contribution in [0.2, 0.25) is 0 Å². The first-order valence-electron chi connectivity index (χ1n) is 7.68. The minimum absolute atomic E-state index is 0.311. The predicted octanol–water partition coefficient (Wildman–Crippen LogP) is 3.90. The fourth-order valence-electron chi connectivity index (χ4n) is 3.00. The summed E-state index contributed by atoms with van der Waals surface area (Å²) in [6.45, 7) is 4.97. The normalized spacial score (nSPS) is 18.4. The molecule has 2 heterocycles. The molecule has 3 rings (SSSR count). The lowest BCUT2D eigenvalue weighted by atomic mass is 9.90. The molecule has 0 radical (unpaired) electrons. The van der Waals surface area contributed by atoms with Crippen LogP contribution >= 0.6 is 0 Å². The molecule has 0 spiro atoms. The molecule has 1 aliphatic rings. The summed E-state index contributed by atoms with van der Waals surface area (Å²) in [6, 6.07) is 10.7. The zero-order valence-corrected chi connectivity index (χ0v) is 12.1. The Morgan fingerprint density at radius 1 is 1.25 bits per heavy atom. The van der Waals surface area contributed by atoms with Crippen LogP contribution in [0, 0.1) is 5.92 Å². The molecule has 1 unspecified atom stereocenters. The van der Waals surface area contributed by atoms with Crippen LogP contribution in [0.3, 0.4) is 0 Å². The Labute approximate surface area is 120 Å². The van der Waals surface area contributed by atoms with Crippen LogP contribution < -0.4 is 5.32 Å². The van der Waals surface area contributed by atoms with E-state index >= 15 is 0 Å². The Morgan fingerprint density at radius 2 is 2.05 bits per heavy atom. The van der Waals surface area contributed by atoms with E-state index in [0.717, 1.165) is 50.4 Å². The molecule has 3 heteroatoms. The fourth-order valence-corrected chi connectivity index (χ4v) is 3.00. The third-order valence-corrected chi connectivity index (χ3v) is 4.10. The van der Waals surface area contributed by atoms with Crippen molar-refractivity contribution in [3.63, 3.8) is 0 Å². The number of fused-ring (bicyclic) bond motifs is 1. The number of furan rings is 1. The molecular weight excluding hydrogens is 250 g/mol. The molecule has 2 aromatic rings. The second-order valence-electron chi connectivity index (χ2n) is 5.57. The molecule has 1 aromatic carbocycles. The summed E-state index contributed by atoms with van der Waals surface area (Å²) < 4.78 is 11.6. The van der Waals surface area contributed by atoms with Crippen molar-refractivity contribution in [2.24, 2.45) is 5.92 Å². The average molecular weight is 273 g/mol. The van der Waals surface area contributed by atoms with Gasteiger partial charge in [0.15, 0.2) is 0 Å². The van der Waals surface area contributed by atoms with Gasteiger partial charge in [0.05, 0.1) is 6.04 Å². The van der Waals surface area contributed by atoms with Crippen LogP contribution in [0.4, 0.5) is 0 Å². The molecule has 0 amide bonds. The van der Waals surface area contributed by atoms with Crippen LogP contribution in [-0.2, 0) is 4.74 Å². The lowest BCUT2D eigenvalue weighted by Gasteiger charge is -2.29. The van der Waals surface area contributed by atoms with Crippen molar-refractivity contribution >= 4 is 11.0 Å². The van der Waals surface area contributed by atoms with Gasteiger partial charge in [-0.2, -0.15) is 0 Å². The van der Waals surface area contributed by atoms with E-state index < -0.39 is 0 Å². The molecule has 0 bridgehead atoms. The Kier molecular flexibility index (Phi) is 4.38. The van der Waals surface area contributed by atoms with E-state index in [0.29, 0.717) is 12.0 Å². The standard InChI is InChI=1S/C17H23NO2/c1-2-9-18-17(13-7-10-19-11-8-13)16-12-14-5-3-4-6-15(14)20-16/h3-6,12-13,17-18H,2,7-11H2,1H3. The summed E-state index contributed by atoms with van der Waals surface area (Å²) in [7, 11) is 0. The minimum Gasteiger partial charge on any atom is -0.459 e. The number of nitrogens with one attached hydrogen (secondary N) is 1. The highest BCUT2D eigenvalue weighted by molar-refractivity contribution is 5.77. The summed E-state index contributed by atoms with van der Waals surface area (Å²) in [5.41, 5.74) is 0.984. The number of hydrogen-bond acceptors (Lipinski definition) is 3. The quantitative estimate of drug-likeness (QED) is 0.897. The van der Waals surface area contributed by atoms with Gasteiger partial charge in [0, 0.05) is 18.6 Å². The molecule has 1 fully saturated rings. The maximum atomic E-state index is 6.08. The van der Waals surface area contributed by atoms with Crippen molar-refractivity contribution in [3.05, 3.63) is 36.1 Å². The lowest BCUT2D eigenvalue weighted by Crippen LogP contribution is -2.32. The first-order valence-corrected chi connectivity index (χ1v) is 7.68. The maximum Gasteiger partial charge on any atom is 0.134 e. The maximum absolute atomic E-state index is 6.08. The highest BCUT2D eigenvalue weighted by Gasteiger charge is 2.27. The van der Waals surface area contributed by atoms with Crippen molar-refractivity contribution < 1.29 is 9.15 Å². The van der Waals surface area contributed by atoms with Crippen LogP contribution in [0.15, 0.2) is 34.7 Å². The number of rotatable bonds is 5. The zero-order chi connectivity index (χ0) is 13.8. The van der Waals surface area contributed by atoms with Gasteiger partial charge in [0.25, 0.3) is 0 Å². The van der Waals surface area contributed by atoms with Gasteiger partial charge in [-0.3, -0.25) is 0 Å². The number of hydrogen-bond donors (Lipinski definition) is 1. The first-order chi connectivity index (χ1) is 9.88. The van der Waals surface area contributed by atoms with Crippen molar-refractivity contribution in [3.8, 4) is 0 Å². The summed E-state index contributed by atoms with van der Waals surface area (Å²) in [5, 5.41) is 4.86. The monoisotopic (exact) mass is 273 g/mol. The Hall–Kier alpha value is -1.32. The van der Waals surface area contributed by atoms with Crippen LogP contribution in [0.1, 0.15) is 38.0 Å². The average Bonchev–Trinajstić information content (AvgIpc) is 2.92. The highest BCUT2D eigenvalue weighted by atomic mass is 16.5. The summed E-state index contributed by atoms with van der Waals surface area (Å²) in [5.74, 6) is 1.68. The SMILES string of the molecule is CCCNC(c1cc2ccccc2o1)C1CCOCC1. The molecule has 1 atom stereocenters. The van der Waals surface area contributed by atoms with Crippen LogP contribution in [-0.4, -0.2) is 19.8 Å². The molecular formula is C17H23NO2. The van der Waals surface area contributed by atoms with E-state index in [2.05, 4.69) is 30.4 Å². The van der Waals surface area contributed by atoms with Gasteiger partial charge in [-0.25, -0.2) is 0 Å². The van der Waals surface area contributed by atoms with Gasteiger partial charge in [-0.15, -0.1) is 0 Å². The Bertz CT molecular complexity index is 510. The predicted molar refractivity (Wildman–Crippen MR) is 80.8 cm³/mol. The third-order valence-electron chi connectivity index (χ3n) is 4.10. The molecule has 20 heavy (non-hydrogen) atoms. The van der Waals surface area contributed by atoms with Gasteiger partial charge in [0.2, 0.25) is 0 Å². The molecule has 108 valence electrons. The molecule has 1 saturated heterocycles. The van der Waals surface area contributed by atoms with Crippen molar-refractivity contribution in [1.82, 2.24) is 5.32 Å². The highest BCUT2D eigenvalue weighted by Crippen LogP contribution is 2.33. The number of ether oxygens (including phenoxy) is 1. The fraction of sp³-hybridized carbons (Fsp3) is 0.529. The van der Waals surface area contributed by atoms with Gasteiger partial charge < -0.3 is 14.5 Å². The second-order valence-corrected chi connectivity index (χ2v) is 5.57. The van der Waals surface area contributed by atoms with Gasteiger partial charge in [0.1, 0.15) is 11.3 Å². The van der Waals surface area contributed by atoms with Gasteiger partial charge in [-0.05, 0) is 43.9 Å². The van der Waals surface area contributed by atoms with Crippen LogP contribution in [0.25, 0.3) is 11.0 Å². The lowest BCUT2D eigenvalue weighted by molar-refractivity contribution is 0.0509. The van der Waals surface area contributed by atoms with E-state index in [1.54, 1.807) is 0 Å². The van der Waals surface area contributed by atoms with Crippen LogP contribution in [0.5, 0.6) is 0 Å².